The van der Waals surface area contributed by atoms with Crippen molar-refractivity contribution < 1.29 is 4.79 Å². The fraction of sp³-hybridized carbons (Fsp3) is 0.333. The molecule has 4 aromatic rings. The van der Waals surface area contributed by atoms with Crippen LogP contribution in [0.25, 0.3) is 11.0 Å². The second-order valence-corrected chi connectivity index (χ2v) is 9.57. The molecule has 1 aromatic carbocycles. The minimum Gasteiger partial charge on any atom is -0.342 e. The van der Waals surface area contributed by atoms with E-state index in [0.717, 1.165) is 68.4 Å². The highest BCUT2D eigenvalue weighted by molar-refractivity contribution is 7.15. The summed E-state index contributed by atoms with van der Waals surface area (Å²) < 4.78 is 0. The number of imidazole rings is 1. The zero-order chi connectivity index (χ0) is 21.8. The van der Waals surface area contributed by atoms with E-state index in [9.17, 15) is 4.79 Å². The number of rotatable bonds is 10. The van der Waals surface area contributed by atoms with Gasteiger partial charge in [-0.05, 0) is 44.9 Å². The summed E-state index contributed by atoms with van der Waals surface area (Å²) in [5.41, 5.74) is 3.25. The van der Waals surface area contributed by atoms with Crippen LogP contribution < -0.4 is 5.32 Å². The molecule has 0 radical (unpaired) electrons. The van der Waals surface area contributed by atoms with Crippen molar-refractivity contribution in [3.63, 3.8) is 0 Å². The molecule has 0 amide bonds. The van der Waals surface area contributed by atoms with Crippen molar-refractivity contribution in [3.8, 4) is 0 Å². The third kappa shape index (κ3) is 5.59. The molecule has 3 heterocycles. The number of nitrogens with zero attached hydrogens (tertiary/aromatic N) is 5. The number of benzene rings is 1. The third-order valence-corrected chi connectivity index (χ3v) is 6.44. The van der Waals surface area contributed by atoms with Crippen molar-refractivity contribution >= 4 is 44.6 Å². The normalized spacial score (nSPS) is 11.2. The van der Waals surface area contributed by atoms with Crippen molar-refractivity contribution in [2.45, 2.75) is 46.0 Å². The molecule has 0 aliphatic heterocycles. The highest BCUT2D eigenvalue weighted by Gasteiger charge is 2.13. The number of Topliss-reactive ketones (excluding diaryl/α,β-unsaturated/α-hetero) is 1. The van der Waals surface area contributed by atoms with Crippen molar-refractivity contribution in [3.05, 3.63) is 56.9 Å². The van der Waals surface area contributed by atoms with E-state index in [1.54, 1.807) is 11.3 Å². The number of carbonyl (C=O) groups excluding carboxylic acids is 1. The maximum Gasteiger partial charge on any atom is 0.209 e. The lowest BCUT2D eigenvalue weighted by Crippen LogP contribution is -2.03. The number of anilines is 1. The summed E-state index contributed by atoms with van der Waals surface area (Å²) >= 11 is 3.07. The van der Waals surface area contributed by atoms with Gasteiger partial charge in [0.2, 0.25) is 5.13 Å². The molecule has 0 aliphatic rings. The van der Waals surface area contributed by atoms with E-state index in [4.69, 9.17) is 0 Å². The Morgan fingerprint density at radius 1 is 1.06 bits per heavy atom. The number of hydrogen-bond donors (Lipinski definition) is 2. The molecule has 0 saturated heterocycles. The molecule has 3 aromatic heterocycles. The average molecular weight is 454 g/mol. The van der Waals surface area contributed by atoms with Crippen molar-refractivity contribution in [2.24, 2.45) is 0 Å². The van der Waals surface area contributed by atoms with E-state index in [1.165, 1.54) is 11.3 Å². The van der Waals surface area contributed by atoms with Crippen LogP contribution in [0.2, 0.25) is 0 Å². The molecule has 0 spiro atoms. The molecule has 8 nitrogen and oxygen atoms in total. The van der Waals surface area contributed by atoms with Gasteiger partial charge >= 0.3 is 0 Å². The first-order chi connectivity index (χ1) is 15.0. The number of ketones is 1. The van der Waals surface area contributed by atoms with Gasteiger partial charge in [0.25, 0.3) is 0 Å². The van der Waals surface area contributed by atoms with E-state index in [0.29, 0.717) is 5.56 Å². The van der Waals surface area contributed by atoms with Crippen molar-refractivity contribution in [2.75, 3.05) is 5.32 Å². The summed E-state index contributed by atoms with van der Waals surface area (Å²) in [5, 5.41) is 23.3. The van der Waals surface area contributed by atoms with Crippen LogP contribution in [0.1, 0.15) is 51.0 Å². The lowest BCUT2D eigenvalue weighted by Gasteiger charge is -1.98. The monoisotopic (exact) mass is 453 g/mol. The van der Waals surface area contributed by atoms with Gasteiger partial charge in [-0.15, -0.1) is 31.7 Å². The SMILES string of the molecule is C=C(C)Nc1nnc(CCCCc2nnc(CC(=O)c3ccc4nc(C)[nH]c4c3)s2)s1. The summed E-state index contributed by atoms with van der Waals surface area (Å²) in [4.78, 5) is 20.2. The topological polar surface area (TPSA) is 109 Å². The molecule has 160 valence electrons. The molecule has 0 atom stereocenters. The number of hydrogen-bond acceptors (Lipinski definition) is 9. The number of allylic oxidation sites excluding steroid dienone is 1. The van der Waals surface area contributed by atoms with Gasteiger partial charge in [0, 0.05) is 24.1 Å². The first-order valence-electron chi connectivity index (χ1n) is 10.0. The zero-order valence-corrected chi connectivity index (χ0v) is 19.1. The van der Waals surface area contributed by atoms with Crippen LogP contribution in [0.3, 0.4) is 0 Å². The second-order valence-electron chi connectivity index (χ2n) is 7.36. The number of carbonyl (C=O) groups is 1. The number of aromatic amines is 1. The van der Waals surface area contributed by atoms with Crippen molar-refractivity contribution in [1.29, 1.82) is 0 Å². The van der Waals surface area contributed by atoms with Gasteiger partial charge in [-0.2, -0.15) is 0 Å². The summed E-state index contributed by atoms with van der Waals surface area (Å²) in [7, 11) is 0. The van der Waals surface area contributed by atoms with Gasteiger partial charge in [0.15, 0.2) is 5.78 Å². The minimum atomic E-state index is 0.0345. The van der Waals surface area contributed by atoms with Crippen LogP contribution in [0.15, 0.2) is 30.5 Å². The molecule has 2 N–H and O–H groups in total. The third-order valence-electron chi connectivity index (χ3n) is 4.56. The maximum atomic E-state index is 12.6. The summed E-state index contributed by atoms with van der Waals surface area (Å²) in [6, 6.07) is 5.54. The Morgan fingerprint density at radius 2 is 1.77 bits per heavy atom. The van der Waals surface area contributed by atoms with Crippen LogP contribution in [0.5, 0.6) is 0 Å². The quantitative estimate of drug-likeness (QED) is 0.268. The molecule has 0 aliphatic carbocycles. The Bertz CT molecular complexity index is 1220. The minimum absolute atomic E-state index is 0.0345. The summed E-state index contributed by atoms with van der Waals surface area (Å²) in [6.45, 7) is 7.60. The van der Waals surface area contributed by atoms with Crippen LogP contribution in [0, 0.1) is 6.92 Å². The van der Waals surface area contributed by atoms with E-state index in [-0.39, 0.29) is 12.2 Å². The number of aromatic nitrogens is 6. The smallest absolute Gasteiger partial charge is 0.209 e. The predicted octanol–water partition coefficient (Wildman–Crippen LogP) is 4.51. The second kappa shape index (κ2) is 9.44. The first kappa shape index (κ1) is 21.3. The molecule has 0 fully saturated rings. The molecular weight excluding hydrogens is 430 g/mol. The van der Waals surface area contributed by atoms with E-state index < -0.39 is 0 Å². The van der Waals surface area contributed by atoms with Gasteiger partial charge in [0.05, 0.1) is 17.5 Å². The van der Waals surface area contributed by atoms with Crippen LogP contribution in [0.4, 0.5) is 5.13 Å². The molecule has 0 saturated carbocycles. The number of H-pyrrole nitrogens is 1. The summed E-state index contributed by atoms with van der Waals surface area (Å²) in [5.74, 6) is 0.871. The average Bonchev–Trinajstić information content (AvgIpc) is 3.43. The Morgan fingerprint density at radius 3 is 2.55 bits per heavy atom. The first-order valence-corrected chi connectivity index (χ1v) is 11.7. The zero-order valence-electron chi connectivity index (χ0n) is 17.4. The van der Waals surface area contributed by atoms with Crippen LogP contribution in [-0.2, 0) is 19.3 Å². The molecule has 0 bridgehead atoms. The highest BCUT2D eigenvalue weighted by atomic mass is 32.1. The Labute approximate surface area is 187 Å². The van der Waals surface area contributed by atoms with Gasteiger partial charge < -0.3 is 10.3 Å². The standard InChI is InChI=1S/C21H23N7OS2/c1-12(2)22-21-28-26-19(31-21)7-5-4-6-18-25-27-20(30-18)11-17(29)14-8-9-15-16(10-14)24-13(3)23-15/h8-10H,1,4-7,11H2,2-3H3,(H,22,28)(H,23,24). The van der Waals surface area contributed by atoms with Gasteiger partial charge in [-0.25, -0.2) is 4.98 Å². The molecule has 10 heteroatoms. The molecule has 31 heavy (non-hydrogen) atoms. The molecule has 0 unspecified atom stereocenters. The molecular formula is C21H23N7OS2. The lowest BCUT2D eigenvalue weighted by atomic mass is 10.1. The van der Waals surface area contributed by atoms with Crippen LogP contribution in [-0.4, -0.2) is 36.1 Å². The number of nitrogens with one attached hydrogen (secondary N) is 2. The van der Waals surface area contributed by atoms with Crippen LogP contribution >= 0.6 is 22.7 Å². The number of aryl methyl sites for hydroxylation is 3. The van der Waals surface area contributed by atoms with Gasteiger partial charge in [-0.1, -0.05) is 17.9 Å². The lowest BCUT2D eigenvalue weighted by molar-refractivity contribution is 0.0993. The number of unbranched alkanes of at least 4 members (excludes halogenated alkanes) is 1. The van der Waals surface area contributed by atoms with E-state index >= 15 is 0 Å². The Balaban J connectivity index is 1.25. The molecule has 4 rings (SSSR count). The van der Waals surface area contributed by atoms with E-state index in [2.05, 4.69) is 42.3 Å². The van der Waals surface area contributed by atoms with E-state index in [1.807, 2.05) is 32.0 Å². The summed E-state index contributed by atoms with van der Waals surface area (Å²) in [6.07, 6.45) is 3.98. The largest absolute Gasteiger partial charge is 0.342 e. The van der Waals surface area contributed by atoms with Crippen molar-refractivity contribution in [1.82, 2.24) is 30.4 Å². The predicted molar refractivity (Wildman–Crippen MR) is 124 cm³/mol. The highest BCUT2D eigenvalue weighted by Crippen LogP contribution is 2.20. The maximum absolute atomic E-state index is 12.6. The number of fused-ring (bicyclic) bond motifs is 1. The van der Waals surface area contributed by atoms with Gasteiger partial charge in [0.1, 0.15) is 20.8 Å². The Hall–Kier alpha value is -2.98. The Kier molecular flexibility index (Phi) is 6.47. The van der Waals surface area contributed by atoms with Gasteiger partial charge in [-0.3, -0.25) is 4.79 Å². The fourth-order valence-electron chi connectivity index (χ4n) is 3.15. The fourth-order valence-corrected chi connectivity index (χ4v) is 4.89.